The molecule has 1 aliphatic carbocycles. The number of benzene rings is 1. The first-order valence-corrected chi connectivity index (χ1v) is 7.51. The van der Waals surface area contributed by atoms with Crippen molar-refractivity contribution in [2.75, 3.05) is 0 Å². The van der Waals surface area contributed by atoms with Crippen LogP contribution in [0.5, 0.6) is 0 Å². The molecule has 0 saturated heterocycles. The van der Waals surface area contributed by atoms with Gasteiger partial charge in [0.1, 0.15) is 5.78 Å². The Hall–Kier alpha value is -1.15. The molecule has 2 N–H and O–H groups in total. The summed E-state index contributed by atoms with van der Waals surface area (Å²) in [6.07, 6.45) is 7.08. The van der Waals surface area contributed by atoms with Gasteiger partial charge in [-0.2, -0.15) is 0 Å². The summed E-state index contributed by atoms with van der Waals surface area (Å²) in [5.74, 6) is 0.860. The van der Waals surface area contributed by atoms with Crippen LogP contribution in [0.3, 0.4) is 0 Å². The van der Waals surface area contributed by atoms with E-state index in [2.05, 4.69) is 0 Å². The lowest BCUT2D eigenvalue weighted by molar-refractivity contribution is -0.124. The molecular weight excluding hydrogens is 234 g/mol. The number of rotatable bonds is 5. The Balaban J connectivity index is 1.91. The van der Waals surface area contributed by atoms with E-state index in [1.54, 1.807) is 0 Å². The van der Waals surface area contributed by atoms with Crippen molar-refractivity contribution in [1.29, 1.82) is 0 Å². The summed E-state index contributed by atoms with van der Waals surface area (Å²) < 4.78 is 0. The first-order valence-electron chi connectivity index (χ1n) is 7.51. The number of nitrogens with two attached hydrogens (primary N) is 1. The maximum absolute atomic E-state index is 12.3. The molecule has 2 heteroatoms. The molecule has 1 saturated carbocycles. The maximum Gasteiger partial charge on any atom is 0.137 e. The average Bonchev–Trinajstić information content (AvgIpc) is 2.47. The zero-order valence-corrected chi connectivity index (χ0v) is 11.8. The van der Waals surface area contributed by atoms with Crippen molar-refractivity contribution in [3.05, 3.63) is 35.9 Å². The minimum absolute atomic E-state index is 0.0793. The Morgan fingerprint density at radius 2 is 1.84 bits per heavy atom. The summed E-state index contributed by atoms with van der Waals surface area (Å²) in [4.78, 5) is 12.3. The minimum atomic E-state index is -0.169. The third-order valence-corrected chi connectivity index (χ3v) is 4.45. The summed E-state index contributed by atoms with van der Waals surface area (Å²) in [5.41, 5.74) is 7.29. The van der Waals surface area contributed by atoms with Gasteiger partial charge < -0.3 is 5.73 Å². The van der Waals surface area contributed by atoms with E-state index < -0.39 is 0 Å². The Kier molecular flexibility index (Phi) is 5.15. The first-order chi connectivity index (χ1) is 9.18. The number of hydrogen-bond acceptors (Lipinski definition) is 2. The monoisotopic (exact) mass is 259 g/mol. The largest absolute Gasteiger partial charge is 0.323 e. The SMILES string of the molecule is CC(C(=O)CC1CCCCC1)C(N)c1ccccc1. The third-order valence-electron chi connectivity index (χ3n) is 4.45. The molecule has 2 atom stereocenters. The molecule has 1 aromatic carbocycles. The molecule has 19 heavy (non-hydrogen) atoms. The van der Waals surface area contributed by atoms with E-state index >= 15 is 0 Å². The predicted octanol–water partition coefficient (Wildman–Crippen LogP) is 3.86. The minimum Gasteiger partial charge on any atom is -0.323 e. The fraction of sp³-hybridized carbons (Fsp3) is 0.588. The highest BCUT2D eigenvalue weighted by atomic mass is 16.1. The van der Waals surface area contributed by atoms with E-state index in [9.17, 15) is 4.79 Å². The second-order valence-electron chi connectivity index (χ2n) is 5.90. The van der Waals surface area contributed by atoms with Gasteiger partial charge in [0.05, 0.1) is 0 Å². The zero-order chi connectivity index (χ0) is 13.7. The normalized spacial score (nSPS) is 19.9. The van der Waals surface area contributed by atoms with Crippen molar-refractivity contribution in [3.63, 3.8) is 0 Å². The molecule has 0 aliphatic heterocycles. The van der Waals surface area contributed by atoms with Crippen LogP contribution in [0.1, 0.15) is 57.1 Å². The van der Waals surface area contributed by atoms with Crippen LogP contribution in [0.15, 0.2) is 30.3 Å². The van der Waals surface area contributed by atoms with Crippen molar-refractivity contribution in [2.45, 2.75) is 51.5 Å². The molecule has 0 radical (unpaired) electrons. The Morgan fingerprint density at radius 1 is 1.21 bits per heavy atom. The van der Waals surface area contributed by atoms with Gasteiger partial charge in [-0.25, -0.2) is 0 Å². The molecule has 0 heterocycles. The zero-order valence-electron chi connectivity index (χ0n) is 11.8. The Labute approximate surface area is 116 Å². The molecule has 2 rings (SSSR count). The molecule has 1 aliphatic rings. The Bertz CT molecular complexity index is 395. The highest BCUT2D eigenvalue weighted by Gasteiger charge is 2.25. The number of Topliss-reactive ketones (excluding diaryl/α,β-unsaturated/α-hetero) is 1. The van der Waals surface area contributed by atoms with Gasteiger partial charge in [0.15, 0.2) is 0 Å². The molecule has 0 spiro atoms. The number of hydrogen-bond donors (Lipinski definition) is 1. The number of carbonyl (C=O) groups excluding carboxylic acids is 1. The standard InChI is InChI=1S/C17H25NO/c1-13(17(18)15-10-6-3-7-11-15)16(19)12-14-8-4-2-5-9-14/h3,6-7,10-11,13-14,17H,2,4-5,8-9,12,18H2,1H3. The van der Waals surface area contributed by atoms with Crippen LogP contribution in [-0.2, 0) is 4.79 Å². The molecule has 104 valence electrons. The number of ketones is 1. The highest BCUT2D eigenvalue weighted by molar-refractivity contribution is 5.81. The molecule has 2 unspecified atom stereocenters. The van der Waals surface area contributed by atoms with Crippen molar-refractivity contribution in [1.82, 2.24) is 0 Å². The van der Waals surface area contributed by atoms with Gasteiger partial charge in [0, 0.05) is 18.4 Å². The highest BCUT2D eigenvalue weighted by Crippen LogP contribution is 2.29. The molecule has 0 amide bonds. The summed E-state index contributed by atoms with van der Waals surface area (Å²) in [6, 6.07) is 9.79. The molecule has 1 aromatic rings. The van der Waals surface area contributed by atoms with Gasteiger partial charge in [-0.15, -0.1) is 0 Å². The van der Waals surface area contributed by atoms with Crippen molar-refractivity contribution in [2.24, 2.45) is 17.6 Å². The summed E-state index contributed by atoms with van der Waals surface area (Å²) in [5, 5.41) is 0. The average molecular weight is 259 g/mol. The topological polar surface area (TPSA) is 43.1 Å². The smallest absolute Gasteiger partial charge is 0.137 e. The molecule has 1 fully saturated rings. The summed E-state index contributed by atoms with van der Waals surface area (Å²) in [7, 11) is 0. The van der Waals surface area contributed by atoms with Gasteiger partial charge in [-0.05, 0) is 11.5 Å². The van der Waals surface area contributed by atoms with Gasteiger partial charge in [0.25, 0.3) is 0 Å². The van der Waals surface area contributed by atoms with Crippen molar-refractivity contribution in [3.8, 4) is 0 Å². The van der Waals surface area contributed by atoms with Crippen LogP contribution in [0.2, 0.25) is 0 Å². The van der Waals surface area contributed by atoms with E-state index in [1.165, 1.54) is 32.1 Å². The summed E-state index contributed by atoms with van der Waals surface area (Å²) >= 11 is 0. The van der Waals surface area contributed by atoms with Gasteiger partial charge in [0.2, 0.25) is 0 Å². The van der Waals surface area contributed by atoms with Crippen LogP contribution < -0.4 is 5.73 Å². The predicted molar refractivity (Wildman–Crippen MR) is 78.7 cm³/mol. The fourth-order valence-corrected chi connectivity index (χ4v) is 3.03. The second kappa shape index (κ2) is 6.85. The fourth-order valence-electron chi connectivity index (χ4n) is 3.03. The van der Waals surface area contributed by atoms with Crippen LogP contribution in [0.4, 0.5) is 0 Å². The Morgan fingerprint density at radius 3 is 2.47 bits per heavy atom. The van der Waals surface area contributed by atoms with E-state index in [-0.39, 0.29) is 12.0 Å². The molecule has 0 bridgehead atoms. The quantitative estimate of drug-likeness (QED) is 0.872. The second-order valence-corrected chi connectivity index (χ2v) is 5.90. The third kappa shape index (κ3) is 3.90. The van der Waals surface area contributed by atoms with Gasteiger partial charge in [-0.3, -0.25) is 4.79 Å². The van der Waals surface area contributed by atoms with Crippen LogP contribution in [-0.4, -0.2) is 5.78 Å². The van der Waals surface area contributed by atoms with E-state index in [1.807, 2.05) is 37.3 Å². The molecule has 2 nitrogen and oxygen atoms in total. The lowest BCUT2D eigenvalue weighted by atomic mass is 9.81. The number of carbonyl (C=O) groups is 1. The molecule has 0 aromatic heterocycles. The van der Waals surface area contributed by atoms with Gasteiger partial charge >= 0.3 is 0 Å². The lowest BCUT2D eigenvalue weighted by Gasteiger charge is -2.24. The van der Waals surface area contributed by atoms with Crippen LogP contribution in [0, 0.1) is 11.8 Å². The van der Waals surface area contributed by atoms with Crippen molar-refractivity contribution >= 4 is 5.78 Å². The maximum atomic E-state index is 12.3. The van der Waals surface area contributed by atoms with Crippen LogP contribution in [0.25, 0.3) is 0 Å². The van der Waals surface area contributed by atoms with Crippen LogP contribution >= 0.6 is 0 Å². The lowest BCUT2D eigenvalue weighted by Crippen LogP contribution is -2.27. The molecular formula is C17H25NO. The van der Waals surface area contributed by atoms with Crippen molar-refractivity contribution < 1.29 is 4.79 Å². The van der Waals surface area contributed by atoms with E-state index in [4.69, 9.17) is 5.73 Å². The van der Waals surface area contributed by atoms with E-state index in [0.717, 1.165) is 12.0 Å². The summed E-state index contributed by atoms with van der Waals surface area (Å²) in [6.45, 7) is 1.98. The first kappa shape index (κ1) is 14.3. The van der Waals surface area contributed by atoms with E-state index in [0.29, 0.717) is 11.7 Å². The van der Waals surface area contributed by atoms with Gasteiger partial charge in [-0.1, -0.05) is 69.4 Å².